The Labute approximate surface area is 95.2 Å². The maximum atomic E-state index is 11.3. The lowest BCUT2D eigenvalue weighted by atomic mass is 10.0. The van der Waals surface area contributed by atoms with Gasteiger partial charge in [-0.15, -0.1) is 0 Å². The molecule has 2 heterocycles. The first-order valence-corrected chi connectivity index (χ1v) is 5.66. The van der Waals surface area contributed by atoms with Crippen LogP contribution in [0.5, 0.6) is 0 Å². The Hall–Kier alpha value is -1.36. The molecule has 0 saturated carbocycles. The number of likely N-dealkylation sites (tertiary alicyclic amines) is 1. The van der Waals surface area contributed by atoms with Crippen LogP contribution in [0.4, 0.5) is 0 Å². The molecule has 1 saturated heterocycles. The maximum absolute atomic E-state index is 11.3. The van der Waals surface area contributed by atoms with E-state index in [9.17, 15) is 4.79 Å². The highest BCUT2D eigenvalue weighted by atomic mass is 16.2. The lowest BCUT2D eigenvalue weighted by Crippen LogP contribution is -2.47. The summed E-state index contributed by atoms with van der Waals surface area (Å²) in [5.41, 5.74) is 1.08. The number of likely N-dealkylation sites (N-methyl/N-ethyl adjacent to an activating group) is 1. The second-order valence-electron chi connectivity index (χ2n) is 4.41. The number of carbonyl (C=O) groups excluding carboxylic acids is 1. The molecule has 1 aromatic heterocycles. The number of carbonyl (C=O) groups is 1. The molecule has 88 valence electrons. The topological polar surface area (TPSA) is 61.0 Å². The minimum Gasteiger partial charge on any atom is -0.344 e. The summed E-state index contributed by atoms with van der Waals surface area (Å²) >= 11 is 0. The molecule has 0 radical (unpaired) electrons. The van der Waals surface area contributed by atoms with Gasteiger partial charge in [-0.25, -0.2) is 0 Å². The predicted molar refractivity (Wildman–Crippen MR) is 60.8 cm³/mol. The first-order chi connectivity index (χ1) is 7.66. The van der Waals surface area contributed by atoms with Crippen molar-refractivity contribution in [3.05, 3.63) is 18.0 Å². The summed E-state index contributed by atoms with van der Waals surface area (Å²) in [7, 11) is 1.86. The number of piperidine rings is 1. The SMILES string of the molecule is CC(NC1CCC(=O)N(C)C1)c1ccn[nH]1. The second kappa shape index (κ2) is 4.65. The highest BCUT2D eigenvalue weighted by Gasteiger charge is 2.24. The number of aromatic nitrogens is 2. The Kier molecular flexibility index (Phi) is 3.24. The van der Waals surface area contributed by atoms with Crippen LogP contribution in [0.25, 0.3) is 0 Å². The van der Waals surface area contributed by atoms with Crippen LogP contribution in [0.3, 0.4) is 0 Å². The Morgan fingerprint density at radius 3 is 3.12 bits per heavy atom. The van der Waals surface area contributed by atoms with Crippen molar-refractivity contribution in [1.29, 1.82) is 0 Å². The van der Waals surface area contributed by atoms with E-state index in [2.05, 4.69) is 22.4 Å². The van der Waals surface area contributed by atoms with Crippen LogP contribution in [0.2, 0.25) is 0 Å². The standard InChI is InChI=1S/C11H18N4O/c1-8(10-5-6-12-14-10)13-9-3-4-11(16)15(2)7-9/h5-6,8-9,13H,3-4,7H2,1-2H3,(H,12,14). The summed E-state index contributed by atoms with van der Waals surface area (Å²) in [5.74, 6) is 0.243. The van der Waals surface area contributed by atoms with E-state index >= 15 is 0 Å². The van der Waals surface area contributed by atoms with Crippen molar-refractivity contribution >= 4 is 5.91 Å². The fourth-order valence-electron chi connectivity index (χ4n) is 2.10. The van der Waals surface area contributed by atoms with Crippen molar-refractivity contribution in [2.24, 2.45) is 0 Å². The van der Waals surface area contributed by atoms with Gasteiger partial charge in [0.25, 0.3) is 0 Å². The summed E-state index contributed by atoms with van der Waals surface area (Å²) in [6.45, 7) is 2.89. The summed E-state index contributed by atoms with van der Waals surface area (Å²) in [5, 5.41) is 10.4. The molecule has 0 aromatic carbocycles. The number of rotatable bonds is 3. The average molecular weight is 222 g/mol. The van der Waals surface area contributed by atoms with Gasteiger partial charge in [-0.3, -0.25) is 9.89 Å². The minimum atomic E-state index is 0.243. The molecule has 0 bridgehead atoms. The number of nitrogens with zero attached hydrogens (tertiary/aromatic N) is 2. The molecule has 2 unspecified atom stereocenters. The quantitative estimate of drug-likeness (QED) is 0.790. The fraction of sp³-hybridized carbons (Fsp3) is 0.636. The van der Waals surface area contributed by atoms with E-state index in [1.165, 1.54) is 0 Å². The smallest absolute Gasteiger partial charge is 0.222 e. The van der Waals surface area contributed by atoms with Crippen LogP contribution in [0.1, 0.15) is 31.5 Å². The fourth-order valence-corrected chi connectivity index (χ4v) is 2.10. The van der Waals surface area contributed by atoms with Gasteiger partial charge in [0, 0.05) is 38.3 Å². The molecule has 1 aromatic rings. The first kappa shape index (κ1) is 11.1. The molecule has 2 N–H and O–H groups in total. The third kappa shape index (κ3) is 2.41. The van der Waals surface area contributed by atoms with E-state index in [1.807, 2.05) is 13.1 Å². The zero-order chi connectivity index (χ0) is 11.5. The number of aromatic amines is 1. The molecule has 0 spiro atoms. The van der Waals surface area contributed by atoms with E-state index in [0.29, 0.717) is 12.5 Å². The average Bonchev–Trinajstić information content (AvgIpc) is 2.77. The van der Waals surface area contributed by atoms with Crippen molar-refractivity contribution in [2.75, 3.05) is 13.6 Å². The van der Waals surface area contributed by atoms with E-state index in [0.717, 1.165) is 18.7 Å². The van der Waals surface area contributed by atoms with Crippen molar-refractivity contribution in [2.45, 2.75) is 31.8 Å². The van der Waals surface area contributed by atoms with Crippen LogP contribution >= 0.6 is 0 Å². The van der Waals surface area contributed by atoms with E-state index in [1.54, 1.807) is 11.1 Å². The molecule has 2 atom stereocenters. The Balaban J connectivity index is 1.88. The molecule has 2 rings (SSSR count). The van der Waals surface area contributed by atoms with Gasteiger partial charge >= 0.3 is 0 Å². The van der Waals surface area contributed by atoms with Crippen LogP contribution in [0, 0.1) is 0 Å². The van der Waals surface area contributed by atoms with Crippen molar-refractivity contribution in [3.63, 3.8) is 0 Å². The number of hydrogen-bond donors (Lipinski definition) is 2. The third-order valence-corrected chi connectivity index (χ3v) is 3.10. The van der Waals surface area contributed by atoms with Crippen LogP contribution in [-0.2, 0) is 4.79 Å². The molecular weight excluding hydrogens is 204 g/mol. The number of nitrogens with one attached hydrogen (secondary N) is 2. The monoisotopic (exact) mass is 222 g/mol. The van der Waals surface area contributed by atoms with Crippen molar-refractivity contribution in [1.82, 2.24) is 20.4 Å². The highest BCUT2D eigenvalue weighted by Crippen LogP contribution is 2.15. The van der Waals surface area contributed by atoms with Crippen molar-refractivity contribution in [3.8, 4) is 0 Å². The maximum Gasteiger partial charge on any atom is 0.222 e. The highest BCUT2D eigenvalue weighted by molar-refractivity contribution is 5.76. The van der Waals surface area contributed by atoms with Gasteiger partial charge in [0.05, 0.1) is 5.69 Å². The third-order valence-electron chi connectivity index (χ3n) is 3.10. The van der Waals surface area contributed by atoms with Gasteiger partial charge in [0.15, 0.2) is 0 Å². The number of H-pyrrole nitrogens is 1. The molecule has 5 nitrogen and oxygen atoms in total. The number of amides is 1. The number of hydrogen-bond acceptors (Lipinski definition) is 3. The molecule has 1 fully saturated rings. The zero-order valence-corrected chi connectivity index (χ0v) is 9.73. The predicted octanol–water partition coefficient (Wildman–Crippen LogP) is 0.681. The Bertz CT molecular complexity index is 349. The first-order valence-electron chi connectivity index (χ1n) is 5.66. The molecule has 0 aliphatic carbocycles. The van der Waals surface area contributed by atoms with Crippen LogP contribution in [0.15, 0.2) is 12.3 Å². The Morgan fingerprint density at radius 2 is 2.50 bits per heavy atom. The molecular formula is C11H18N4O. The molecule has 5 heteroatoms. The lowest BCUT2D eigenvalue weighted by Gasteiger charge is -2.32. The lowest BCUT2D eigenvalue weighted by molar-refractivity contribution is -0.132. The van der Waals surface area contributed by atoms with E-state index in [4.69, 9.17) is 0 Å². The van der Waals surface area contributed by atoms with Crippen molar-refractivity contribution < 1.29 is 4.79 Å². The minimum absolute atomic E-state index is 0.243. The normalized spacial score (nSPS) is 23.5. The van der Waals surface area contributed by atoms with E-state index in [-0.39, 0.29) is 11.9 Å². The molecule has 16 heavy (non-hydrogen) atoms. The summed E-state index contributed by atoms with van der Waals surface area (Å²) in [4.78, 5) is 13.1. The largest absolute Gasteiger partial charge is 0.344 e. The van der Waals surface area contributed by atoms with E-state index < -0.39 is 0 Å². The van der Waals surface area contributed by atoms with Gasteiger partial charge in [-0.2, -0.15) is 5.10 Å². The van der Waals surface area contributed by atoms with Gasteiger partial charge in [-0.05, 0) is 19.4 Å². The van der Waals surface area contributed by atoms with Gasteiger partial charge in [0.1, 0.15) is 0 Å². The van der Waals surface area contributed by atoms with Gasteiger partial charge in [-0.1, -0.05) is 0 Å². The second-order valence-corrected chi connectivity index (χ2v) is 4.41. The summed E-state index contributed by atoms with van der Waals surface area (Å²) in [6, 6.07) is 2.59. The van der Waals surface area contributed by atoms with Gasteiger partial charge < -0.3 is 10.2 Å². The summed E-state index contributed by atoms with van der Waals surface area (Å²) in [6.07, 6.45) is 3.32. The zero-order valence-electron chi connectivity index (χ0n) is 9.73. The summed E-state index contributed by atoms with van der Waals surface area (Å²) < 4.78 is 0. The molecule has 1 aliphatic rings. The Morgan fingerprint density at radius 1 is 1.69 bits per heavy atom. The molecule has 1 amide bonds. The van der Waals surface area contributed by atoms with Crippen LogP contribution in [-0.4, -0.2) is 40.6 Å². The molecule has 1 aliphatic heterocycles. The van der Waals surface area contributed by atoms with Gasteiger partial charge in [0.2, 0.25) is 5.91 Å². The van der Waals surface area contributed by atoms with Crippen LogP contribution < -0.4 is 5.32 Å².